The zero-order chi connectivity index (χ0) is 19.1. The number of rotatable bonds is 7. The third kappa shape index (κ3) is 5.35. The largest absolute Gasteiger partial charge is 0.457 e. The molecule has 1 aromatic carbocycles. The summed E-state index contributed by atoms with van der Waals surface area (Å²) in [5, 5.41) is 3.53. The number of aromatic nitrogens is 2. The van der Waals surface area contributed by atoms with Gasteiger partial charge in [0.25, 0.3) is 6.43 Å². The van der Waals surface area contributed by atoms with Gasteiger partial charge in [-0.25, -0.2) is 13.8 Å². The first-order valence-corrected chi connectivity index (χ1v) is 7.80. The van der Waals surface area contributed by atoms with Crippen molar-refractivity contribution in [1.29, 1.82) is 0 Å². The number of alkyl halides is 2. The predicted molar refractivity (Wildman–Crippen MR) is 98.0 cm³/mol. The van der Waals surface area contributed by atoms with Gasteiger partial charge in [0, 0.05) is 30.9 Å². The number of aliphatic imine (C=N–C) groups is 1. The van der Waals surface area contributed by atoms with Crippen LogP contribution < -0.4 is 15.5 Å². The van der Waals surface area contributed by atoms with Gasteiger partial charge in [-0.1, -0.05) is 11.6 Å². The Bertz CT molecular complexity index is 813. The van der Waals surface area contributed by atoms with E-state index in [4.69, 9.17) is 22.2 Å². The van der Waals surface area contributed by atoms with E-state index in [1.54, 1.807) is 17.2 Å². The number of anilines is 1. The fourth-order valence-corrected chi connectivity index (χ4v) is 2.02. The first-order valence-electron chi connectivity index (χ1n) is 7.42. The van der Waals surface area contributed by atoms with Crippen molar-refractivity contribution in [2.24, 2.45) is 15.9 Å². The van der Waals surface area contributed by atoms with Gasteiger partial charge in [0.2, 0.25) is 0 Å². The van der Waals surface area contributed by atoms with E-state index in [1.807, 2.05) is 14.1 Å². The smallest absolute Gasteiger partial charge is 0.318 e. The van der Waals surface area contributed by atoms with Gasteiger partial charge < -0.3 is 15.5 Å². The van der Waals surface area contributed by atoms with Gasteiger partial charge >= 0.3 is 6.01 Å². The fourth-order valence-electron chi connectivity index (χ4n) is 1.82. The number of ether oxygens (including phenoxy) is 1. The molecule has 26 heavy (non-hydrogen) atoms. The summed E-state index contributed by atoms with van der Waals surface area (Å²) in [7, 11) is 3.68. The molecule has 7 nitrogen and oxygen atoms in total. The molecule has 0 amide bonds. The lowest BCUT2D eigenvalue weighted by Crippen LogP contribution is -2.17. The molecular weight excluding hydrogens is 366 g/mol. The minimum absolute atomic E-state index is 0.0204. The van der Waals surface area contributed by atoms with Crippen LogP contribution in [0.2, 0.25) is 5.02 Å². The van der Waals surface area contributed by atoms with Gasteiger partial charge in [-0.15, -0.1) is 0 Å². The molecule has 0 radical (unpaired) electrons. The van der Waals surface area contributed by atoms with Crippen molar-refractivity contribution in [3.63, 3.8) is 0 Å². The number of hydrogen-bond donors (Lipinski definition) is 1. The highest BCUT2D eigenvalue weighted by molar-refractivity contribution is 6.32. The molecule has 2 N–H and O–H groups in total. The average molecular weight is 383 g/mol. The predicted octanol–water partition coefficient (Wildman–Crippen LogP) is 3.23. The van der Waals surface area contributed by atoms with E-state index in [-0.39, 0.29) is 34.6 Å². The van der Waals surface area contributed by atoms with Gasteiger partial charge in [-0.05, 0) is 24.3 Å². The third-order valence-electron chi connectivity index (χ3n) is 3.17. The highest BCUT2D eigenvalue weighted by Gasteiger charge is 2.12. The number of hydrogen-bond acceptors (Lipinski definition) is 7. The Kier molecular flexibility index (Phi) is 6.79. The Morgan fingerprint density at radius 1 is 1.38 bits per heavy atom. The first-order chi connectivity index (χ1) is 12.4. The summed E-state index contributed by atoms with van der Waals surface area (Å²) in [5.41, 5.74) is 0.270. The van der Waals surface area contributed by atoms with E-state index in [9.17, 15) is 8.78 Å². The van der Waals surface area contributed by atoms with Crippen LogP contribution in [0.25, 0.3) is 0 Å². The zero-order valence-corrected chi connectivity index (χ0v) is 14.9. The molecule has 1 heterocycles. The van der Waals surface area contributed by atoms with Gasteiger partial charge in [-0.3, -0.25) is 4.99 Å². The highest BCUT2D eigenvalue weighted by Crippen LogP contribution is 2.30. The molecule has 0 saturated heterocycles. The van der Waals surface area contributed by atoms with Crippen LogP contribution >= 0.6 is 11.6 Å². The van der Waals surface area contributed by atoms with E-state index >= 15 is 0 Å². The van der Waals surface area contributed by atoms with E-state index in [1.165, 1.54) is 24.4 Å². The lowest BCUT2D eigenvalue weighted by Gasteiger charge is -2.11. The van der Waals surface area contributed by atoms with Gasteiger partial charge in [0.1, 0.15) is 18.1 Å². The minimum atomic E-state index is -2.69. The van der Waals surface area contributed by atoms with Crippen molar-refractivity contribution in [3.8, 4) is 6.01 Å². The fraction of sp³-hybridized carbons (Fsp3) is 0.250. The van der Waals surface area contributed by atoms with Gasteiger partial charge in [-0.2, -0.15) is 10.1 Å². The number of nitrogens with zero attached hydrogens (tertiary/aromatic N) is 5. The molecule has 0 aliphatic heterocycles. The van der Waals surface area contributed by atoms with Crippen LogP contribution in [0, 0.1) is 0 Å². The van der Waals surface area contributed by atoms with Crippen LogP contribution in [0.1, 0.15) is 12.0 Å². The van der Waals surface area contributed by atoms with Crippen molar-refractivity contribution in [2.45, 2.75) is 6.43 Å². The minimum Gasteiger partial charge on any atom is -0.457 e. The van der Waals surface area contributed by atoms with Crippen molar-refractivity contribution in [2.75, 3.05) is 25.6 Å². The summed E-state index contributed by atoms with van der Waals surface area (Å²) in [4.78, 5) is 14.0. The maximum absolute atomic E-state index is 12.9. The van der Waals surface area contributed by atoms with Crippen LogP contribution in [-0.4, -0.2) is 42.6 Å². The average Bonchev–Trinajstić information content (AvgIpc) is 2.63. The summed E-state index contributed by atoms with van der Waals surface area (Å²) < 4.78 is 31.1. The van der Waals surface area contributed by atoms with Gasteiger partial charge in [0.15, 0.2) is 0 Å². The Balaban J connectivity index is 2.05. The number of halogens is 3. The number of hydrazone groups is 1. The molecule has 0 atom stereocenters. The lowest BCUT2D eigenvalue weighted by molar-refractivity contribution is 0.151. The quantitative estimate of drug-likeness (QED) is 0.451. The second-order valence-electron chi connectivity index (χ2n) is 5.27. The molecule has 10 heteroatoms. The maximum Gasteiger partial charge on any atom is 0.318 e. The normalized spacial score (nSPS) is 12.0. The molecule has 2 aromatic rings. The topological polar surface area (TPSA) is 89.0 Å². The molecule has 0 aliphatic carbocycles. The monoisotopic (exact) mass is 382 g/mol. The van der Waals surface area contributed by atoms with Crippen LogP contribution in [0.4, 0.5) is 20.3 Å². The maximum atomic E-state index is 12.9. The van der Waals surface area contributed by atoms with E-state index < -0.39 is 6.43 Å². The Hall–Kier alpha value is -2.81. The molecule has 0 fully saturated rings. The SMILES string of the molecule is CN(C)c1ccnc(OCC(C=Nc2ccc(Cl)c(C(F)F)c2)=NN)n1. The van der Waals surface area contributed by atoms with Crippen LogP contribution in [-0.2, 0) is 0 Å². The molecule has 0 aliphatic rings. The van der Waals surface area contributed by atoms with E-state index in [0.717, 1.165) is 0 Å². The third-order valence-corrected chi connectivity index (χ3v) is 3.51. The first kappa shape index (κ1) is 19.5. The second kappa shape index (κ2) is 9.04. The highest BCUT2D eigenvalue weighted by atomic mass is 35.5. The number of benzene rings is 1. The molecule has 138 valence electrons. The van der Waals surface area contributed by atoms with Crippen LogP contribution in [0.3, 0.4) is 0 Å². The standard InChI is InChI=1S/C16H17ClF2N6O/c1-25(2)14-5-6-21-16(23-14)26-9-11(24-20)8-22-10-3-4-13(17)12(7-10)15(18)19/h3-8,15H,9,20H2,1-2H3. The molecule has 1 aromatic heterocycles. The second-order valence-corrected chi connectivity index (χ2v) is 5.67. The van der Waals surface area contributed by atoms with Crippen molar-refractivity contribution in [3.05, 3.63) is 41.0 Å². The Morgan fingerprint density at radius 2 is 2.15 bits per heavy atom. The van der Waals surface area contributed by atoms with Crippen molar-refractivity contribution in [1.82, 2.24) is 9.97 Å². The zero-order valence-electron chi connectivity index (χ0n) is 14.1. The Morgan fingerprint density at radius 3 is 2.81 bits per heavy atom. The van der Waals surface area contributed by atoms with Crippen molar-refractivity contribution >= 4 is 35.0 Å². The van der Waals surface area contributed by atoms with Crippen LogP contribution in [0.15, 0.2) is 40.6 Å². The van der Waals surface area contributed by atoms with Crippen molar-refractivity contribution < 1.29 is 13.5 Å². The molecule has 0 unspecified atom stereocenters. The number of nitrogens with two attached hydrogens (primary N) is 1. The summed E-state index contributed by atoms with van der Waals surface area (Å²) in [6.07, 6.45) is 0.184. The summed E-state index contributed by atoms with van der Waals surface area (Å²) in [6.45, 7) is -0.0355. The molecule has 0 spiro atoms. The summed E-state index contributed by atoms with van der Waals surface area (Å²) in [6, 6.07) is 5.93. The molecule has 0 bridgehead atoms. The van der Waals surface area contributed by atoms with E-state index in [2.05, 4.69) is 20.1 Å². The summed E-state index contributed by atoms with van der Waals surface area (Å²) in [5.74, 6) is 5.98. The van der Waals surface area contributed by atoms with E-state index in [0.29, 0.717) is 5.82 Å². The summed E-state index contributed by atoms with van der Waals surface area (Å²) >= 11 is 5.72. The molecular formula is C16H17ClF2N6O. The Labute approximate surface area is 154 Å². The molecule has 0 saturated carbocycles. The lowest BCUT2D eigenvalue weighted by atomic mass is 10.2. The van der Waals surface area contributed by atoms with Gasteiger partial charge in [0.05, 0.1) is 11.9 Å². The molecule has 2 rings (SSSR count). The van der Waals surface area contributed by atoms with Crippen LogP contribution in [0.5, 0.6) is 6.01 Å².